The zero-order valence-corrected chi connectivity index (χ0v) is 26.9. The highest BCUT2D eigenvalue weighted by atomic mass is 35.5. The zero-order valence-electron chi connectivity index (χ0n) is 26.1. The van der Waals surface area contributed by atoms with Crippen LogP contribution in [0.3, 0.4) is 0 Å². The maximum absolute atomic E-state index is 3.89. The minimum absolute atomic E-state index is 0. The number of hydrogen-bond donors (Lipinski definition) is 0. The Morgan fingerprint density at radius 1 is 0.526 bits per heavy atom. The Hall–Kier alpha value is -0.790. The molecule has 1 aromatic rings. The fourth-order valence-electron chi connectivity index (χ4n) is 5.61. The van der Waals surface area contributed by atoms with E-state index in [1.54, 1.807) is 0 Å². The van der Waals surface area contributed by atoms with Crippen LogP contribution in [-0.4, -0.2) is 20.6 Å². The molecule has 1 nitrogen and oxygen atoms in total. The standard InChI is InChI=1S/C36H66N.ClH/c1-5-7-8-9-10-11-12-13-14-15-16-17-18-19-20-21-22-23-24-25-26-27-28-29-35-30-32-36(33-31-35)37(3,4)34-6-2;/h6,30-33H,2,5,7-29,34H2,1,3-4H3;1H/q+1;/p-1. The second kappa shape index (κ2) is 26.4. The number of benzene rings is 1. The Bertz CT molecular complexity index is 621. The summed E-state index contributed by atoms with van der Waals surface area (Å²) in [5.41, 5.74) is 2.86. The van der Waals surface area contributed by atoms with E-state index in [9.17, 15) is 0 Å². The number of aryl methyl sites for hydroxylation is 1. The van der Waals surface area contributed by atoms with Crippen molar-refractivity contribution in [2.24, 2.45) is 0 Å². The predicted octanol–water partition coefficient (Wildman–Crippen LogP) is 8.98. The van der Waals surface area contributed by atoms with Gasteiger partial charge < -0.3 is 12.4 Å². The first-order chi connectivity index (χ1) is 18.1. The molecule has 0 aromatic heterocycles. The van der Waals surface area contributed by atoms with Gasteiger partial charge in [0.15, 0.2) is 0 Å². The molecule has 0 amide bonds. The van der Waals surface area contributed by atoms with Gasteiger partial charge in [-0.05, 0) is 36.6 Å². The van der Waals surface area contributed by atoms with Gasteiger partial charge in [0.25, 0.3) is 0 Å². The predicted molar refractivity (Wildman–Crippen MR) is 171 cm³/mol. The Kier molecular flexibility index (Phi) is 25.9. The normalized spacial score (nSPS) is 11.4. The molecule has 0 atom stereocenters. The lowest BCUT2D eigenvalue weighted by Crippen LogP contribution is -3.00. The number of rotatable bonds is 27. The van der Waals surface area contributed by atoms with Crippen molar-refractivity contribution in [1.29, 1.82) is 0 Å². The molecular weight excluding hydrogens is 482 g/mol. The second-order valence-electron chi connectivity index (χ2n) is 12.4. The van der Waals surface area contributed by atoms with Crippen LogP contribution in [0.2, 0.25) is 0 Å². The summed E-state index contributed by atoms with van der Waals surface area (Å²) in [4.78, 5) is 0. The SMILES string of the molecule is C=CC[N+](C)(C)c1ccc(CCCCCCCCCCCCCCCCCCCCCCCCC)cc1.[Cl-]. The number of halogens is 1. The summed E-state index contributed by atoms with van der Waals surface area (Å²) in [6, 6.07) is 9.27. The largest absolute Gasteiger partial charge is 1.00 e. The highest BCUT2D eigenvalue weighted by Gasteiger charge is 2.16. The molecular formula is C36H66ClN. The fourth-order valence-corrected chi connectivity index (χ4v) is 5.61. The maximum Gasteiger partial charge on any atom is 0.132 e. The molecule has 1 rings (SSSR count). The van der Waals surface area contributed by atoms with E-state index in [-0.39, 0.29) is 12.4 Å². The molecule has 0 heterocycles. The summed E-state index contributed by atoms with van der Waals surface area (Å²) >= 11 is 0. The third-order valence-electron chi connectivity index (χ3n) is 8.29. The van der Waals surface area contributed by atoms with E-state index in [2.05, 4.69) is 51.9 Å². The van der Waals surface area contributed by atoms with E-state index in [4.69, 9.17) is 0 Å². The Morgan fingerprint density at radius 2 is 0.842 bits per heavy atom. The molecule has 0 bridgehead atoms. The van der Waals surface area contributed by atoms with Crippen LogP contribution in [-0.2, 0) is 6.42 Å². The average Bonchev–Trinajstić information content (AvgIpc) is 2.89. The van der Waals surface area contributed by atoms with Gasteiger partial charge in [-0.3, -0.25) is 4.48 Å². The molecule has 38 heavy (non-hydrogen) atoms. The van der Waals surface area contributed by atoms with Crippen LogP contribution in [0.25, 0.3) is 0 Å². The Morgan fingerprint density at radius 3 is 1.16 bits per heavy atom. The minimum atomic E-state index is 0. The van der Waals surface area contributed by atoms with Crippen molar-refractivity contribution in [3.63, 3.8) is 0 Å². The van der Waals surface area contributed by atoms with Crippen LogP contribution < -0.4 is 16.9 Å². The highest BCUT2D eigenvalue weighted by molar-refractivity contribution is 5.43. The molecule has 0 aliphatic rings. The van der Waals surface area contributed by atoms with Crippen molar-refractivity contribution in [2.75, 3.05) is 20.6 Å². The summed E-state index contributed by atoms with van der Waals surface area (Å²) in [6.45, 7) is 7.17. The molecule has 0 unspecified atom stereocenters. The van der Waals surface area contributed by atoms with Crippen LogP contribution in [0.5, 0.6) is 0 Å². The van der Waals surface area contributed by atoms with Crippen LogP contribution in [0, 0.1) is 0 Å². The third kappa shape index (κ3) is 21.1. The molecule has 0 fully saturated rings. The van der Waals surface area contributed by atoms with Crippen LogP contribution in [0.15, 0.2) is 36.9 Å². The van der Waals surface area contributed by atoms with Crippen LogP contribution >= 0.6 is 0 Å². The first kappa shape index (κ1) is 37.2. The number of nitrogens with zero attached hydrogens (tertiary/aromatic N) is 1. The van der Waals surface area contributed by atoms with Crippen molar-refractivity contribution in [3.05, 3.63) is 42.5 Å². The van der Waals surface area contributed by atoms with Crippen molar-refractivity contribution in [3.8, 4) is 0 Å². The van der Waals surface area contributed by atoms with Crippen LogP contribution in [0.1, 0.15) is 160 Å². The second-order valence-corrected chi connectivity index (χ2v) is 12.4. The minimum Gasteiger partial charge on any atom is -1.00 e. The van der Waals surface area contributed by atoms with Gasteiger partial charge >= 0.3 is 0 Å². The van der Waals surface area contributed by atoms with Gasteiger partial charge in [0.05, 0.1) is 14.1 Å². The van der Waals surface area contributed by atoms with Crippen molar-refractivity contribution in [1.82, 2.24) is 4.48 Å². The monoisotopic (exact) mass is 547 g/mol. The summed E-state index contributed by atoms with van der Waals surface area (Å²) in [5.74, 6) is 0. The third-order valence-corrected chi connectivity index (χ3v) is 8.29. The van der Waals surface area contributed by atoms with Gasteiger partial charge in [-0.15, -0.1) is 0 Å². The molecule has 0 aliphatic carbocycles. The van der Waals surface area contributed by atoms with Crippen molar-refractivity contribution < 1.29 is 12.4 Å². The topological polar surface area (TPSA) is 0 Å². The van der Waals surface area contributed by atoms with Crippen LogP contribution in [0.4, 0.5) is 5.69 Å². The van der Waals surface area contributed by atoms with Crippen molar-refractivity contribution >= 4 is 5.69 Å². The summed E-state index contributed by atoms with van der Waals surface area (Å²) in [7, 11) is 4.49. The molecule has 0 radical (unpaired) electrons. The van der Waals surface area contributed by atoms with Gasteiger partial charge in [-0.2, -0.15) is 0 Å². The molecule has 2 heteroatoms. The first-order valence-electron chi connectivity index (χ1n) is 16.6. The van der Waals surface area contributed by atoms with E-state index in [1.165, 1.54) is 165 Å². The highest BCUT2D eigenvalue weighted by Crippen LogP contribution is 2.21. The molecule has 222 valence electrons. The number of unbranched alkanes of at least 4 members (excludes halogenated alkanes) is 22. The lowest BCUT2D eigenvalue weighted by molar-refractivity contribution is -0.00000822. The number of hydrogen-bond acceptors (Lipinski definition) is 0. The Balaban J connectivity index is 0.0000137. The smallest absolute Gasteiger partial charge is 0.132 e. The van der Waals surface area contributed by atoms with E-state index < -0.39 is 0 Å². The molecule has 0 spiro atoms. The van der Waals surface area contributed by atoms with E-state index in [1.807, 2.05) is 6.08 Å². The van der Waals surface area contributed by atoms with Gasteiger partial charge in [-0.25, -0.2) is 0 Å². The lowest BCUT2D eigenvalue weighted by Gasteiger charge is -2.27. The summed E-state index contributed by atoms with van der Waals surface area (Å²) < 4.78 is 0.878. The maximum atomic E-state index is 3.89. The van der Waals surface area contributed by atoms with Gasteiger partial charge in [-0.1, -0.05) is 167 Å². The fraction of sp³-hybridized carbons (Fsp3) is 0.778. The van der Waals surface area contributed by atoms with E-state index in [0.29, 0.717) is 0 Å². The summed E-state index contributed by atoms with van der Waals surface area (Å²) in [5, 5.41) is 0. The number of likely N-dealkylation sites (N-methyl/N-ethyl adjacent to an activating group) is 1. The van der Waals surface area contributed by atoms with Gasteiger partial charge in [0.1, 0.15) is 12.2 Å². The molecule has 0 aliphatic heterocycles. The van der Waals surface area contributed by atoms with E-state index >= 15 is 0 Å². The van der Waals surface area contributed by atoms with E-state index in [0.717, 1.165) is 11.0 Å². The quantitative estimate of drug-likeness (QED) is 0.0585. The van der Waals surface area contributed by atoms with Gasteiger partial charge in [0.2, 0.25) is 0 Å². The lowest BCUT2D eigenvalue weighted by atomic mass is 10.0. The molecule has 1 aromatic carbocycles. The Labute approximate surface area is 246 Å². The van der Waals surface area contributed by atoms with Gasteiger partial charge in [0, 0.05) is 0 Å². The zero-order chi connectivity index (χ0) is 26.9. The number of quaternary nitrogens is 1. The first-order valence-corrected chi connectivity index (χ1v) is 16.6. The molecule has 0 saturated carbocycles. The molecule has 0 N–H and O–H groups in total. The average molecular weight is 548 g/mol. The van der Waals surface area contributed by atoms with Crippen molar-refractivity contribution in [2.45, 2.75) is 161 Å². The summed E-state index contributed by atoms with van der Waals surface area (Å²) in [6.07, 6.45) is 36.7. The molecule has 0 saturated heterocycles.